The number of rotatable bonds is 10. The van der Waals surface area contributed by atoms with Crippen LogP contribution in [-0.2, 0) is 21.1 Å². The van der Waals surface area contributed by atoms with Crippen molar-refractivity contribution in [3.05, 3.63) is 47.5 Å². The molecule has 3 rings (SSSR count). The Labute approximate surface area is 218 Å². The summed E-state index contributed by atoms with van der Waals surface area (Å²) in [5.74, 6) is 0.611. The highest BCUT2D eigenvalue weighted by atomic mass is 35.5. The van der Waals surface area contributed by atoms with Gasteiger partial charge in [0.15, 0.2) is 15.0 Å². The molecule has 3 aromatic rings. The van der Waals surface area contributed by atoms with Gasteiger partial charge in [-0.05, 0) is 77.2 Å². The molecule has 0 spiro atoms. The van der Waals surface area contributed by atoms with Crippen LogP contribution in [0, 0.1) is 6.92 Å². The summed E-state index contributed by atoms with van der Waals surface area (Å²) >= 11 is 1.49. The quantitative estimate of drug-likeness (QED) is 0.370. The van der Waals surface area contributed by atoms with Gasteiger partial charge in [-0.25, -0.2) is 13.4 Å². The van der Waals surface area contributed by atoms with Gasteiger partial charge in [0, 0.05) is 6.54 Å². The van der Waals surface area contributed by atoms with Gasteiger partial charge in [-0.2, -0.15) is 0 Å². The molecule has 0 atom stereocenters. The van der Waals surface area contributed by atoms with Gasteiger partial charge in [-0.3, -0.25) is 9.69 Å². The third-order valence-electron chi connectivity index (χ3n) is 5.66. The van der Waals surface area contributed by atoms with E-state index in [1.807, 2.05) is 33.2 Å². The lowest BCUT2D eigenvalue weighted by atomic mass is 10.1. The average Bonchev–Trinajstić information content (AvgIpc) is 3.23. The van der Waals surface area contributed by atoms with Gasteiger partial charge in [-0.15, -0.1) is 12.4 Å². The number of thiazole rings is 1. The van der Waals surface area contributed by atoms with Gasteiger partial charge in [-0.1, -0.05) is 29.5 Å². The van der Waals surface area contributed by atoms with Gasteiger partial charge < -0.3 is 9.64 Å². The molecule has 0 bridgehead atoms. The Bertz CT molecular complexity index is 1260. The number of ether oxygens (including phenoxy) is 1. The van der Waals surface area contributed by atoms with E-state index in [1.165, 1.54) is 11.3 Å². The summed E-state index contributed by atoms with van der Waals surface area (Å²) in [7, 11) is 2.28. The van der Waals surface area contributed by atoms with Crippen molar-refractivity contribution in [3.63, 3.8) is 0 Å². The van der Waals surface area contributed by atoms with Gasteiger partial charge in [0.1, 0.15) is 11.3 Å². The molecule has 0 unspecified atom stereocenters. The number of methoxy groups -OCH3 is 1. The Balaban J connectivity index is 0.00000432. The van der Waals surface area contributed by atoms with E-state index < -0.39 is 15.1 Å². The van der Waals surface area contributed by atoms with E-state index >= 15 is 0 Å². The van der Waals surface area contributed by atoms with Crippen molar-refractivity contribution < 1.29 is 17.9 Å². The first-order valence-electron chi connectivity index (χ1n) is 11.3. The fourth-order valence-electron chi connectivity index (χ4n) is 3.59. The Morgan fingerprint density at radius 1 is 1.09 bits per heavy atom. The maximum atomic E-state index is 13.4. The molecule has 10 heteroatoms. The molecule has 35 heavy (non-hydrogen) atoms. The van der Waals surface area contributed by atoms with Gasteiger partial charge >= 0.3 is 0 Å². The molecule has 7 nitrogen and oxygen atoms in total. The van der Waals surface area contributed by atoms with Crippen LogP contribution in [-0.4, -0.2) is 63.8 Å². The molecular weight excluding hydrogens is 506 g/mol. The number of sulfone groups is 1. The summed E-state index contributed by atoms with van der Waals surface area (Å²) in [6.07, 6.45) is 0.965. The van der Waals surface area contributed by atoms with Crippen LogP contribution in [0.5, 0.6) is 5.75 Å². The predicted molar refractivity (Wildman–Crippen MR) is 146 cm³/mol. The topological polar surface area (TPSA) is 79.8 Å². The van der Waals surface area contributed by atoms with Gasteiger partial charge in [0.25, 0.3) is 0 Å². The zero-order valence-electron chi connectivity index (χ0n) is 21.1. The van der Waals surface area contributed by atoms with E-state index in [1.54, 1.807) is 50.1 Å². The fraction of sp³-hybridized carbons (Fsp3) is 0.440. The van der Waals surface area contributed by atoms with Crippen LogP contribution in [0.2, 0.25) is 0 Å². The van der Waals surface area contributed by atoms with E-state index in [0.29, 0.717) is 17.4 Å². The Morgan fingerprint density at radius 3 is 2.31 bits per heavy atom. The molecule has 2 aromatic carbocycles. The summed E-state index contributed by atoms with van der Waals surface area (Å²) in [6, 6.07) is 10.5. The van der Waals surface area contributed by atoms with Crippen molar-refractivity contribution in [3.8, 4) is 5.75 Å². The van der Waals surface area contributed by atoms with Crippen LogP contribution in [0.4, 0.5) is 5.13 Å². The Morgan fingerprint density at radius 2 is 1.74 bits per heavy atom. The number of fused-ring (bicyclic) bond motifs is 1. The number of carbonyl (C=O) groups is 1. The first-order chi connectivity index (χ1) is 16.0. The molecule has 0 radical (unpaired) electrons. The number of hydrogen-bond acceptors (Lipinski definition) is 7. The second-order valence-electron chi connectivity index (χ2n) is 8.88. The minimum atomic E-state index is -3.35. The zero-order valence-corrected chi connectivity index (χ0v) is 23.5. The minimum absolute atomic E-state index is 0. The molecule has 1 heterocycles. The zero-order chi connectivity index (χ0) is 25.0. The van der Waals surface area contributed by atoms with E-state index in [2.05, 4.69) is 4.90 Å². The lowest BCUT2D eigenvalue weighted by Crippen LogP contribution is -2.34. The number of carbonyl (C=O) groups excluding carboxylic acids is 1. The molecular formula is C25H34ClN3O4S2. The van der Waals surface area contributed by atoms with Crippen LogP contribution < -0.4 is 9.64 Å². The first-order valence-corrected chi connectivity index (χ1v) is 13.6. The third kappa shape index (κ3) is 6.73. The Kier molecular flexibility index (Phi) is 10.1. The lowest BCUT2D eigenvalue weighted by Gasteiger charge is -2.21. The number of amides is 1. The van der Waals surface area contributed by atoms with E-state index in [0.717, 1.165) is 34.3 Å². The number of anilines is 1. The van der Waals surface area contributed by atoms with Crippen molar-refractivity contribution in [2.75, 3.05) is 39.2 Å². The molecule has 0 saturated heterocycles. The molecule has 0 saturated carbocycles. The summed E-state index contributed by atoms with van der Waals surface area (Å²) in [5, 5.41) is 0.150. The molecule has 192 valence electrons. The first kappa shape index (κ1) is 29.0. The van der Waals surface area contributed by atoms with Crippen LogP contribution in [0.1, 0.15) is 31.4 Å². The van der Waals surface area contributed by atoms with E-state index in [4.69, 9.17) is 9.72 Å². The fourth-order valence-corrected chi connectivity index (χ4v) is 5.74. The maximum absolute atomic E-state index is 13.4. The van der Waals surface area contributed by atoms with E-state index in [-0.39, 0.29) is 29.6 Å². The normalized spacial score (nSPS) is 11.7. The smallest absolute Gasteiger partial charge is 0.233 e. The standard InChI is InChI=1S/C25H33N3O4S2.ClH/c1-17(2)34(30,31)20-11-9-19(10-12-20)16-22(29)28(15-7-14-27(4)5)25-26-23-21(32-6)13-8-18(3)24(23)33-25;/h8-13,17H,7,14-16H2,1-6H3;1H. The summed E-state index contributed by atoms with van der Waals surface area (Å²) < 4.78 is 31.3. The van der Waals surface area contributed by atoms with Gasteiger partial charge in [0.2, 0.25) is 5.91 Å². The number of benzene rings is 2. The van der Waals surface area contributed by atoms with Crippen molar-refractivity contribution >= 4 is 54.8 Å². The highest BCUT2D eigenvalue weighted by Crippen LogP contribution is 2.36. The molecule has 1 amide bonds. The second kappa shape index (κ2) is 12.2. The molecule has 0 aliphatic rings. The number of nitrogens with zero attached hydrogens (tertiary/aromatic N) is 3. The molecule has 0 fully saturated rings. The minimum Gasteiger partial charge on any atom is -0.494 e. The van der Waals surface area contributed by atoms with Gasteiger partial charge in [0.05, 0.1) is 28.4 Å². The summed E-state index contributed by atoms with van der Waals surface area (Å²) in [6.45, 7) is 6.73. The molecule has 0 aliphatic carbocycles. The van der Waals surface area contributed by atoms with Crippen molar-refractivity contribution in [2.24, 2.45) is 0 Å². The Hall–Kier alpha value is -2.20. The average molecular weight is 540 g/mol. The summed E-state index contributed by atoms with van der Waals surface area (Å²) in [4.78, 5) is 22.3. The molecule has 0 N–H and O–H groups in total. The maximum Gasteiger partial charge on any atom is 0.233 e. The molecule has 0 aliphatic heterocycles. The largest absolute Gasteiger partial charge is 0.494 e. The monoisotopic (exact) mass is 539 g/mol. The van der Waals surface area contributed by atoms with Crippen molar-refractivity contribution in [2.45, 2.75) is 43.8 Å². The SMILES string of the molecule is COc1ccc(C)c2sc(N(CCCN(C)C)C(=O)Cc3ccc(S(=O)(=O)C(C)C)cc3)nc12.Cl. The predicted octanol–water partition coefficient (Wildman–Crippen LogP) is 4.74. The van der Waals surface area contributed by atoms with Crippen molar-refractivity contribution in [1.29, 1.82) is 0 Å². The van der Waals surface area contributed by atoms with Crippen LogP contribution in [0.3, 0.4) is 0 Å². The number of aryl methyl sites for hydroxylation is 1. The molecule has 1 aromatic heterocycles. The van der Waals surface area contributed by atoms with Crippen molar-refractivity contribution in [1.82, 2.24) is 9.88 Å². The second-order valence-corrected chi connectivity index (χ2v) is 12.4. The van der Waals surface area contributed by atoms with Crippen LogP contribution >= 0.6 is 23.7 Å². The van der Waals surface area contributed by atoms with E-state index in [9.17, 15) is 13.2 Å². The van der Waals surface area contributed by atoms with Crippen LogP contribution in [0.15, 0.2) is 41.3 Å². The highest BCUT2D eigenvalue weighted by Gasteiger charge is 2.23. The number of aromatic nitrogens is 1. The number of halogens is 1. The summed E-state index contributed by atoms with van der Waals surface area (Å²) in [5.41, 5.74) is 2.61. The van der Waals surface area contributed by atoms with Crippen LogP contribution in [0.25, 0.3) is 10.2 Å². The lowest BCUT2D eigenvalue weighted by molar-refractivity contribution is -0.118. The number of hydrogen-bond donors (Lipinski definition) is 0. The highest BCUT2D eigenvalue weighted by molar-refractivity contribution is 7.92. The third-order valence-corrected chi connectivity index (χ3v) is 9.04.